The van der Waals surface area contributed by atoms with Crippen LogP contribution in [0.4, 0.5) is 5.69 Å². The number of rotatable bonds is 5. The van der Waals surface area contributed by atoms with Gasteiger partial charge in [-0.05, 0) is 66.2 Å². The molecule has 5 nitrogen and oxygen atoms in total. The molecule has 1 aliphatic heterocycles. The van der Waals surface area contributed by atoms with Crippen molar-refractivity contribution in [2.45, 2.75) is 53.4 Å². The molecule has 0 bridgehead atoms. The zero-order chi connectivity index (χ0) is 21.6. The van der Waals surface area contributed by atoms with Crippen LogP contribution >= 0.6 is 12.4 Å². The van der Waals surface area contributed by atoms with Gasteiger partial charge in [0.15, 0.2) is 0 Å². The third-order valence-electron chi connectivity index (χ3n) is 7.04. The summed E-state index contributed by atoms with van der Waals surface area (Å²) in [6.45, 7) is 15.4. The molecule has 2 aliphatic carbocycles. The number of anilines is 1. The van der Waals surface area contributed by atoms with Crippen molar-refractivity contribution in [3.05, 3.63) is 36.2 Å². The van der Waals surface area contributed by atoms with Crippen LogP contribution in [0.3, 0.4) is 0 Å². The Bertz CT molecular complexity index is 954. The molecule has 2 heterocycles. The van der Waals surface area contributed by atoms with Crippen molar-refractivity contribution < 1.29 is 4.42 Å². The van der Waals surface area contributed by atoms with Crippen molar-refractivity contribution in [3.8, 4) is 11.5 Å². The second-order valence-corrected chi connectivity index (χ2v) is 11.4. The van der Waals surface area contributed by atoms with Crippen molar-refractivity contribution >= 4 is 23.7 Å². The van der Waals surface area contributed by atoms with Crippen LogP contribution in [0, 0.1) is 16.7 Å². The van der Waals surface area contributed by atoms with Crippen molar-refractivity contribution in [1.82, 2.24) is 15.1 Å². The van der Waals surface area contributed by atoms with E-state index in [9.17, 15) is 0 Å². The van der Waals surface area contributed by atoms with Crippen molar-refractivity contribution in [1.29, 1.82) is 0 Å². The van der Waals surface area contributed by atoms with Gasteiger partial charge in [0.1, 0.15) is 0 Å². The number of hydrogen-bond donors (Lipinski definition) is 0. The largest absolute Gasteiger partial charge is 0.423 e. The van der Waals surface area contributed by atoms with Gasteiger partial charge in [0.05, 0.1) is 0 Å². The molecule has 2 aromatic rings. The topological polar surface area (TPSA) is 45.4 Å². The van der Waals surface area contributed by atoms with Gasteiger partial charge in [0.2, 0.25) is 12.3 Å². The van der Waals surface area contributed by atoms with Crippen LogP contribution in [-0.2, 0) is 0 Å². The third-order valence-corrected chi connectivity index (χ3v) is 7.04. The van der Waals surface area contributed by atoms with Crippen molar-refractivity contribution in [2.24, 2.45) is 16.7 Å². The van der Waals surface area contributed by atoms with E-state index in [-0.39, 0.29) is 23.2 Å². The van der Waals surface area contributed by atoms with Gasteiger partial charge < -0.3 is 9.32 Å². The SMILES string of the molecule is CC1(C)C=C(c2cc(-c3nnco3)ccc2N2CCN(CC3CC3)CC2)CC(C)(C)C1.Cl. The molecule has 1 saturated carbocycles. The molecule has 1 aromatic carbocycles. The predicted molar refractivity (Wildman–Crippen MR) is 133 cm³/mol. The molecule has 6 heteroatoms. The Morgan fingerprint density at radius 3 is 2.44 bits per heavy atom. The first-order valence-corrected chi connectivity index (χ1v) is 11.9. The maximum Gasteiger partial charge on any atom is 0.247 e. The van der Waals surface area contributed by atoms with E-state index in [1.807, 2.05) is 0 Å². The molecular weight excluding hydrogens is 420 g/mol. The van der Waals surface area contributed by atoms with Gasteiger partial charge in [-0.3, -0.25) is 4.90 Å². The van der Waals surface area contributed by atoms with E-state index in [1.54, 1.807) is 0 Å². The Balaban J connectivity index is 0.00000245. The maximum atomic E-state index is 5.52. The van der Waals surface area contributed by atoms with Crippen molar-refractivity contribution in [3.63, 3.8) is 0 Å². The molecule has 2 fully saturated rings. The predicted octanol–water partition coefficient (Wildman–Crippen LogP) is 5.92. The summed E-state index contributed by atoms with van der Waals surface area (Å²) >= 11 is 0. The molecule has 0 spiro atoms. The molecule has 0 unspecified atom stereocenters. The number of halogens is 1. The highest BCUT2D eigenvalue weighted by molar-refractivity contribution is 5.85. The normalized spacial score (nSPS) is 22.9. The highest BCUT2D eigenvalue weighted by Crippen LogP contribution is 2.49. The number of benzene rings is 1. The molecule has 1 saturated heterocycles. The number of hydrogen-bond acceptors (Lipinski definition) is 5. The second kappa shape index (κ2) is 8.83. The molecule has 5 rings (SSSR count). The molecule has 0 N–H and O–H groups in total. The third kappa shape index (κ3) is 5.20. The summed E-state index contributed by atoms with van der Waals surface area (Å²) in [5.74, 6) is 1.56. The minimum absolute atomic E-state index is 0. The summed E-state index contributed by atoms with van der Waals surface area (Å²) in [5, 5.41) is 8.05. The Morgan fingerprint density at radius 2 is 1.81 bits per heavy atom. The van der Waals surface area contributed by atoms with Gasteiger partial charge in [-0.1, -0.05) is 33.8 Å². The van der Waals surface area contributed by atoms with Crippen LogP contribution < -0.4 is 4.90 Å². The molecule has 0 atom stereocenters. The number of aromatic nitrogens is 2. The first-order valence-electron chi connectivity index (χ1n) is 11.9. The molecule has 3 aliphatic rings. The summed E-state index contributed by atoms with van der Waals surface area (Å²) in [4.78, 5) is 5.25. The van der Waals surface area contributed by atoms with E-state index in [1.165, 1.54) is 49.0 Å². The minimum atomic E-state index is 0. The molecule has 1 aromatic heterocycles. The monoisotopic (exact) mass is 456 g/mol. The van der Waals surface area contributed by atoms with Gasteiger partial charge in [-0.25, -0.2) is 0 Å². The Kier molecular flexibility index (Phi) is 6.43. The molecular formula is C26H37ClN4O. The van der Waals surface area contributed by atoms with Gasteiger partial charge >= 0.3 is 0 Å². The fourth-order valence-electron chi connectivity index (χ4n) is 5.90. The zero-order valence-corrected chi connectivity index (χ0v) is 20.7. The lowest BCUT2D eigenvalue weighted by molar-refractivity contribution is 0.228. The molecule has 0 radical (unpaired) electrons. The maximum absolute atomic E-state index is 5.52. The lowest BCUT2D eigenvalue weighted by atomic mass is 9.65. The Morgan fingerprint density at radius 1 is 1.06 bits per heavy atom. The number of nitrogens with zero attached hydrogens (tertiary/aromatic N) is 4. The number of piperazine rings is 1. The lowest BCUT2D eigenvalue weighted by Gasteiger charge is -2.41. The quantitative estimate of drug-likeness (QED) is 0.558. The van der Waals surface area contributed by atoms with Crippen LogP contribution in [-0.4, -0.2) is 47.8 Å². The fraction of sp³-hybridized carbons (Fsp3) is 0.615. The van der Waals surface area contributed by atoms with Crippen LogP contribution in [0.25, 0.3) is 17.0 Å². The standard InChI is InChI=1S/C26H36N4O.ClH/c1-25(2)14-21(15-26(3,4)17-25)22-13-20(24-28-27-18-31-24)7-8-23(22)30-11-9-29(10-12-30)16-19-5-6-19;/h7-8,13-14,18-19H,5-6,9-12,15-17H2,1-4H3;1H. The average molecular weight is 457 g/mol. The second-order valence-electron chi connectivity index (χ2n) is 11.4. The Labute approximate surface area is 198 Å². The smallest absolute Gasteiger partial charge is 0.247 e. The van der Waals surface area contributed by atoms with Crippen LogP contribution in [0.1, 0.15) is 58.9 Å². The zero-order valence-electron chi connectivity index (χ0n) is 19.9. The first-order chi connectivity index (χ1) is 14.8. The van der Waals surface area contributed by atoms with E-state index in [4.69, 9.17) is 4.42 Å². The van der Waals surface area contributed by atoms with Gasteiger partial charge in [0, 0.05) is 49.5 Å². The van der Waals surface area contributed by atoms with E-state index < -0.39 is 0 Å². The van der Waals surface area contributed by atoms with E-state index in [2.05, 4.69) is 72.0 Å². The van der Waals surface area contributed by atoms with E-state index >= 15 is 0 Å². The lowest BCUT2D eigenvalue weighted by Crippen LogP contribution is -2.47. The van der Waals surface area contributed by atoms with E-state index in [0.717, 1.165) is 44.1 Å². The van der Waals surface area contributed by atoms with Crippen molar-refractivity contribution in [2.75, 3.05) is 37.6 Å². The van der Waals surface area contributed by atoms with Crippen LogP contribution in [0.5, 0.6) is 0 Å². The minimum Gasteiger partial charge on any atom is -0.423 e. The Hall–Kier alpha value is -1.85. The summed E-state index contributed by atoms with van der Waals surface area (Å²) < 4.78 is 5.52. The fourth-order valence-corrected chi connectivity index (χ4v) is 5.90. The summed E-state index contributed by atoms with van der Waals surface area (Å²) in [6, 6.07) is 6.70. The highest BCUT2D eigenvalue weighted by atomic mass is 35.5. The molecule has 174 valence electrons. The van der Waals surface area contributed by atoms with Crippen LogP contribution in [0.2, 0.25) is 0 Å². The number of allylic oxidation sites excluding steroid dienone is 2. The first kappa shape index (κ1) is 23.3. The van der Waals surface area contributed by atoms with Gasteiger partial charge in [-0.2, -0.15) is 0 Å². The highest BCUT2D eigenvalue weighted by Gasteiger charge is 2.35. The van der Waals surface area contributed by atoms with Gasteiger partial charge in [-0.15, -0.1) is 22.6 Å². The van der Waals surface area contributed by atoms with Gasteiger partial charge in [0.25, 0.3) is 0 Å². The van der Waals surface area contributed by atoms with Crippen LogP contribution in [0.15, 0.2) is 35.1 Å². The summed E-state index contributed by atoms with van der Waals surface area (Å²) in [6.07, 6.45) is 9.09. The summed E-state index contributed by atoms with van der Waals surface area (Å²) in [7, 11) is 0. The molecule has 32 heavy (non-hydrogen) atoms. The molecule has 0 amide bonds. The van der Waals surface area contributed by atoms with E-state index in [0.29, 0.717) is 5.89 Å². The average Bonchev–Trinajstić information content (AvgIpc) is 3.34. The summed E-state index contributed by atoms with van der Waals surface area (Å²) in [5.41, 5.74) is 5.64.